The Labute approximate surface area is 283 Å². The Hall–Kier alpha value is -3.94. The fourth-order valence-corrected chi connectivity index (χ4v) is 5.95. The van der Waals surface area contributed by atoms with Crippen LogP contribution in [0.3, 0.4) is 0 Å². The fourth-order valence-electron chi connectivity index (χ4n) is 5.95. The summed E-state index contributed by atoms with van der Waals surface area (Å²) in [5.41, 5.74) is 5.91. The molecule has 1 aliphatic heterocycles. The molecule has 0 bridgehead atoms. The third kappa shape index (κ3) is 9.80. The molecule has 1 saturated carbocycles. The van der Waals surface area contributed by atoms with Crippen LogP contribution in [-0.2, 0) is 33.2 Å². The first-order valence-electron chi connectivity index (χ1n) is 16.6. The predicted octanol–water partition coefficient (Wildman–Crippen LogP) is 5.05. The Morgan fingerprint density at radius 2 is 1.73 bits per heavy atom. The maximum absolute atomic E-state index is 13.3. The van der Waals surface area contributed by atoms with Crippen LogP contribution in [-0.4, -0.2) is 90.1 Å². The summed E-state index contributed by atoms with van der Waals surface area (Å²) in [6.07, 6.45) is 6.10. The van der Waals surface area contributed by atoms with Gasteiger partial charge in [0, 0.05) is 43.3 Å². The van der Waals surface area contributed by atoms with E-state index in [-0.39, 0.29) is 17.4 Å². The number of hydrogen-bond donors (Lipinski definition) is 3. The number of nitrogens with one attached hydrogen (secondary N) is 2. The summed E-state index contributed by atoms with van der Waals surface area (Å²) in [6.45, 7) is 12.8. The highest BCUT2D eigenvalue weighted by molar-refractivity contribution is 7.85. The lowest BCUT2D eigenvalue weighted by atomic mass is 9.92. The summed E-state index contributed by atoms with van der Waals surface area (Å²) >= 11 is 0. The monoisotopic (exact) mass is 680 g/mol. The predicted molar refractivity (Wildman–Crippen MR) is 187 cm³/mol. The number of fused-ring (bicyclic) bond motifs is 1. The molecule has 1 saturated heterocycles. The van der Waals surface area contributed by atoms with E-state index >= 15 is 0 Å². The third-order valence-corrected chi connectivity index (χ3v) is 8.73. The van der Waals surface area contributed by atoms with Crippen LogP contribution in [0.4, 0.5) is 16.3 Å². The van der Waals surface area contributed by atoms with Crippen molar-refractivity contribution in [1.29, 1.82) is 0 Å². The van der Waals surface area contributed by atoms with Crippen molar-refractivity contribution in [3.8, 4) is 11.4 Å². The van der Waals surface area contributed by atoms with Crippen molar-refractivity contribution in [2.24, 2.45) is 5.92 Å². The van der Waals surface area contributed by atoms with Crippen molar-refractivity contribution in [2.75, 3.05) is 56.2 Å². The largest absolute Gasteiger partial charge is 0.492 e. The average Bonchev–Trinajstić information content (AvgIpc) is 3.48. The summed E-state index contributed by atoms with van der Waals surface area (Å²) in [6, 6.07) is 13.7. The van der Waals surface area contributed by atoms with Crippen LogP contribution in [0.5, 0.6) is 5.75 Å². The normalized spacial score (nSPS) is 16.6. The van der Waals surface area contributed by atoms with Crippen LogP contribution in [0.1, 0.15) is 62.4 Å². The van der Waals surface area contributed by atoms with Gasteiger partial charge in [0.15, 0.2) is 0 Å². The van der Waals surface area contributed by atoms with Crippen molar-refractivity contribution < 1.29 is 27.3 Å². The molecule has 13 heteroatoms. The number of nitrogens with zero attached hydrogens (tertiary/aromatic N) is 4. The van der Waals surface area contributed by atoms with Gasteiger partial charge in [-0.3, -0.25) is 19.6 Å². The van der Waals surface area contributed by atoms with E-state index in [1.54, 1.807) is 4.68 Å². The van der Waals surface area contributed by atoms with Crippen LogP contribution in [0.15, 0.2) is 42.5 Å². The number of carbonyl (C=O) groups excluding carboxylic acids is 2. The molecule has 6 rings (SSSR count). The van der Waals surface area contributed by atoms with Crippen molar-refractivity contribution in [3.63, 3.8) is 0 Å². The number of ether oxygens (including phenoxy) is 1. The van der Waals surface area contributed by atoms with Crippen LogP contribution < -0.4 is 15.4 Å². The molecule has 0 radical (unpaired) electrons. The van der Waals surface area contributed by atoms with Gasteiger partial charge >= 0.3 is 6.03 Å². The number of anilines is 2. The lowest BCUT2D eigenvalue weighted by Crippen LogP contribution is -2.51. The Balaban J connectivity index is 0.000000840. The van der Waals surface area contributed by atoms with E-state index < -0.39 is 10.1 Å². The van der Waals surface area contributed by atoms with Crippen LogP contribution in [0.2, 0.25) is 0 Å². The molecule has 0 atom stereocenters. The van der Waals surface area contributed by atoms with Crippen molar-refractivity contribution in [2.45, 2.75) is 65.2 Å². The smallest absolute Gasteiger partial charge is 0.324 e. The number of aryl methyl sites for hydroxylation is 1. The Morgan fingerprint density at radius 3 is 2.38 bits per heavy atom. The summed E-state index contributed by atoms with van der Waals surface area (Å²) in [7, 11) is -3.67. The first-order valence-corrected chi connectivity index (χ1v) is 18.4. The van der Waals surface area contributed by atoms with Gasteiger partial charge in [-0.05, 0) is 80.3 Å². The first-order chi connectivity index (χ1) is 22.6. The number of piperazine rings is 1. The maximum Gasteiger partial charge on any atom is 0.324 e. The van der Waals surface area contributed by atoms with E-state index in [0.717, 1.165) is 85.3 Å². The SMILES string of the molecule is CS(=O)(=O)O.Cc1ccc(-n2nc(C(C)(C)C)cc2NC(=O)Nc2ccc(OCCN3CCN(CC4CC4)C(=O)C3)c3c2CCC3)cc1. The molecule has 3 N–H and O–H groups in total. The van der Waals surface area contributed by atoms with E-state index in [9.17, 15) is 18.0 Å². The van der Waals surface area contributed by atoms with Crippen LogP contribution >= 0.6 is 0 Å². The minimum Gasteiger partial charge on any atom is -0.492 e. The molecule has 3 aliphatic rings. The second kappa shape index (κ2) is 14.7. The average molecular weight is 681 g/mol. The van der Waals surface area contributed by atoms with Gasteiger partial charge in [-0.25, -0.2) is 9.48 Å². The Bertz CT molecular complexity index is 1720. The number of amides is 3. The third-order valence-electron chi connectivity index (χ3n) is 8.73. The highest BCUT2D eigenvalue weighted by Crippen LogP contribution is 2.36. The van der Waals surface area contributed by atoms with Crippen molar-refractivity contribution in [3.05, 3.63) is 64.8 Å². The van der Waals surface area contributed by atoms with E-state index in [2.05, 4.69) is 43.2 Å². The van der Waals surface area contributed by atoms with E-state index in [4.69, 9.17) is 14.4 Å². The maximum atomic E-state index is 13.3. The summed E-state index contributed by atoms with van der Waals surface area (Å²) in [5.74, 6) is 2.47. The molecule has 2 fully saturated rings. The minimum absolute atomic E-state index is 0.167. The minimum atomic E-state index is -3.67. The zero-order chi connectivity index (χ0) is 34.6. The first kappa shape index (κ1) is 35.4. The van der Waals surface area contributed by atoms with E-state index in [1.165, 1.54) is 18.4 Å². The van der Waals surface area contributed by atoms with E-state index in [1.807, 2.05) is 47.4 Å². The molecule has 12 nitrogen and oxygen atoms in total. The number of hydrogen-bond acceptors (Lipinski definition) is 7. The number of urea groups is 1. The van der Waals surface area contributed by atoms with Gasteiger partial charge in [0.25, 0.3) is 10.1 Å². The second-order valence-electron chi connectivity index (χ2n) is 14.1. The molecule has 1 aromatic heterocycles. The lowest BCUT2D eigenvalue weighted by molar-refractivity contribution is -0.136. The molecular formula is C35H48N6O6S. The summed E-state index contributed by atoms with van der Waals surface area (Å²) in [4.78, 5) is 30.1. The topological polar surface area (TPSA) is 146 Å². The van der Waals surface area contributed by atoms with Crippen LogP contribution in [0, 0.1) is 12.8 Å². The molecule has 48 heavy (non-hydrogen) atoms. The summed E-state index contributed by atoms with van der Waals surface area (Å²) in [5, 5.41) is 11.0. The highest BCUT2D eigenvalue weighted by atomic mass is 32.2. The lowest BCUT2D eigenvalue weighted by Gasteiger charge is -2.34. The zero-order valence-corrected chi connectivity index (χ0v) is 29.4. The number of aromatic nitrogens is 2. The Morgan fingerprint density at radius 1 is 1.04 bits per heavy atom. The quantitative estimate of drug-likeness (QED) is 0.266. The van der Waals surface area contributed by atoms with Gasteiger partial charge in [-0.15, -0.1) is 0 Å². The van der Waals surface area contributed by atoms with Gasteiger partial charge in [0.05, 0.1) is 24.2 Å². The van der Waals surface area contributed by atoms with E-state index in [0.29, 0.717) is 25.2 Å². The highest BCUT2D eigenvalue weighted by Gasteiger charge is 2.30. The molecule has 2 heterocycles. The van der Waals surface area contributed by atoms with Gasteiger partial charge < -0.3 is 15.0 Å². The second-order valence-corrected chi connectivity index (χ2v) is 15.5. The van der Waals surface area contributed by atoms with Gasteiger partial charge in [0.2, 0.25) is 5.91 Å². The molecule has 2 aromatic carbocycles. The van der Waals surface area contributed by atoms with Crippen molar-refractivity contribution >= 4 is 33.6 Å². The zero-order valence-electron chi connectivity index (χ0n) is 28.6. The molecule has 3 amide bonds. The number of carbonyl (C=O) groups is 2. The molecule has 0 spiro atoms. The van der Waals surface area contributed by atoms with Gasteiger partial charge in [-0.1, -0.05) is 38.5 Å². The molecule has 260 valence electrons. The Kier molecular flexibility index (Phi) is 10.8. The van der Waals surface area contributed by atoms with Crippen molar-refractivity contribution in [1.82, 2.24) is 19.6 Å². The number of benzene rings is 2. The van der Waals surface area contributed by atoms with Crippen LogP contribution in [0.25, 0.3) is 5.69 Å². The molecular weight excluding hydrogens is 632 g/mol. The van der Waals surface area contributed by atoms with Gasteiger partial charge in [0.1, 0.15) is 18.2 Å². The van der Waals surface area contributed by atoms with Gasteiger partial charge in [-0.2, -0.15) is 13.5 Å². The standard InChI is InChI=1S/C34H44N6O3.CH4O3S/c1-23-8-12-25(13-9-23)40-31(20-30(37-40)34(2,3)4)36-33(42)35-28-14-15-29(27-7-5-6-26(27)28)43-19-18-38-16-17-39(32(41)22-38)21-24-10-11-24;1-5(2,3)4/h8-9,12-15,20,24H,5-7,10-11,16-19,21-22H2,1-4H3,(H2,35,36,42);1H3,(H,2,3,4). The molecule has 2 aliphatic carbocycles. The summed E-state index contributed by atoms with van der Waals surface area (Å²) < 4.78 is 33.9. The number of rotatable bonds is 9. The fraction of sp³-hybridized carbons (Fsp3) is 0.514. The molecule has 3 aromatic rings. The molecule has 0 unspecified atom stereocenters.